The van der Waals surface area contributed by atoms with Gasteiger partial charge in [0.1, 0.15) is 5.69 Å². The van der Waals surface area contributed by atoms with E-state index in [2.05, 4.69) is 117 Å². The molecular weight excluding hydrogens is 382 g/mol. The van der Waals surface area contributed by atoms with Gasteiger partial charge >= 0.3 is 0 Å². The minimum atomic E-state index is -1.70. The zero-order chi connectivity index (χ0) is 21.7. The second-order valence-electron chi connectivity index (χ2n) is 8.90. The summed E-state index contributed by atoms with van der Waals surface area (Å²) in [5.74, 6) is 0. The third-order valence-electron chi connectivity index (χ3n) is 4.81. The molecule has 0 saturated heterocycles. The summed E-state index contributed by atoms with van der Waals surface area (Å²) in [7, 11) is -1.70. The summed E-state index contributed by atoms with van der Waals surface area (Å²) in [6, 6.07) is 18.9. The SMILES string of the molecule is CC(C)=C=C(c1c(-c2ccc(C)cc2)nnn1C/C=C/c1ccccc1)[Si](C)(C)C. The molecule has 0 fully saturated rings. The van der Waals surface area contributed by atoms with Crippen molar-refractivity contribution in [3.05, 3.63) is 88.8 Å². The van der Waals surface area contributed by atoms with Gasteiger partial charge in [0.25, 0.3) is 0 Å². The zero-order valence-corrected chi connectivity index (χ0v) is 19.9. The maximum atomic E-state index is 4.61. The van der Waals surface area contributed by atoms with Gasteiger partial charge in [0.05, 0.1) is 20.3 Å². The Hall–Kier alpha value is -2.94. The first-order chi connectivity index (χ1) is 14.3. The van der Waals surface area contributed by atoms with Crippen LogP contribution in [0.15, 0.2) is 72.0 Å². The fourth-order valence-corrected chi connectivity index (χ4v) is 4.88. The van der Waals surface area contributed by atoms with Gasteiger partial charge in [-0.15, -0.1) is 10.8 Å². The Morgan fingerprint density at radius 2 is 1.67 bits per heavy atom. The molecule has 0 atom stereocenters. The minimum Gasteiger partial charge on any atom is -0.240 e. The molecule has 0 saturated carbocycles. The monoisotopic (exact) mass is 413 g/mol. The van der Waals surface area contributed by atoms with Gasteiger partial charge in [0, 0.05) is 10.8 Å². The molecule has 0 aliphatic rings. The molecule has 3 nitrogen and oxygen atoms in total. The quantitative estimate of drug-likeness (QED) is 0.329. The van der Waals surface area contributed by atoms with E-state index in [0.717, 1.165) is 17.0 Å². The van der Waals surface area contributed by atoms with Gasteiger partial charge in [-0.1, -0.05) is 97.2 Å². The molecule has 0 radical (unpaired) electrons. The van der Waals surface area contributed by atoms with Crippen molar-refractivity contribution in [1.82, 2.24) is 15.0 Å². The van der Waals surface area contributed by atoms with Gasteiger partial charge in [-0.25, -0.2) is 4.68 Å². The molecule has 0 unspecified atom stereocenters. The predicted octanol–water partition coefficient (Wildman–Crippen LogP) is 6.79. The Morgan fingerprint density at radius 1 is 1.00 bits per heavy atom. The highest BCUT2D eigenvalue weighted by molar-refractivity contribution is 6.93. The third kappa shape index (κ3) is 5.35. The van der Waals surface area contributed by atoms with Crippen molar-refractivity contribution in [3.63, 3.8) is 0 Å². The third-order valence-corrected chi connectivity index (χ3v) is 6.67. The summed E-state index contributed by atoms with van der Waals surface area (Å²) in [6.45, 7) is 14.1. The normalized spacial score (nSPS) is 11.5. The van der Waals surface area contributed by atoms with E-state index < -0.39 is 8.07 Å². The van der Waals surface area contributed by atoms with E-state index in [1.54, 1.807) is 0 Å². The minimum absolute atomic E-state index is 0.668. The summed E-state index contributed by atoms with van der Waals surface area (Å²) in [5.41, 5.74) is 10.4. The molecule has 30 heavy (non-hydrogen) atoms. The van der Waals surface area contributed by atoms with E-state index >= 15 is 0 Å². The van der Waals surface area contributed by atoms with Crippen molar-refractivity contribution in [2.24, 2.45) is 0 Å². The molecule has 0 amide bonds. The summed E-state index contributed by atoms with van der Waals surface area (Å²) in [4.78, 5) is 0. The topological polar surface area (TPSA) is 30.7 Å². The molecule has 2 aromatic carbocycles. The van der Waals surface area contributed by atoms with Gasteiger partial charge in [0.15, 0.2) is 0 Å². The second-order valence-corrected chi connectivity index (χ2v) is 13.9. The molecule has 3 aromatic rings. The Bertz CT molecular complexity index is 1090. The Balaban J connectivity index is 2.12. The van der Waals surface area contributed by atoms with E-state index in [4.69, 9.17) is 0 Å². The summed E-state index contributed by atoms with van der Waals surface area (Å²) < 4.78 is 2.03. The lowest BCUT2D eigenvalue weighted by molar-refractivity contribution is 0.657. The number of benzene rings is 2. The number of nitrogens with zero attached hydrogens (tertiary/aromatic N) is 3. The van der Waals surface area contributed by atoms with Crippen LogP contribution in [0, 0.1) is 6.92 Å². The van der Waals surface area contributed by atoms with E-state index in [9.17, 15) is 0 Å². The number of aromatic nitrogens is 3. The smallest absolute Gasteiger partial charge is 0.120 e. The number of rotatable bonds is 6. The van der Waals surface area contributed by atoms with Gasteiger partial charge in [-0.3, -0.25) is 0 Å². The van der Waals surface area contributed by atoms with Crippen molar-refractivity contribution < 1.29 is 0 Å². The molecule has 1 aromatic heterocycles. The molecule has 3 rings (SSSR count). The van der Waals surface area contributed by atoms with E-state index in [-0.39, 0.29) is 0 Å². The van der Waals surface area contributed by atoms with Crippen LogP contribution in [0.1, 0.15) is 30.7 Å². The lowest BCUT2D eigenvalue weighted by Gasteiger charge is -2.21. The fraction of sp³-hybridized carbons (Fsp3) is 0.269. The highest BCUT2D eigenvalue weighted by Gasteiger charge is 2.28. The standard InChI is InChI=1S/C26H31N3Si/c1-20(2)19-24(30(4,5)6)26-25(23-16-14-21(3)15-17-23)27-28-29(26)18-10-13-22-11-8-7-9-12-22/h7-17H,18H2,1-6H3/b13-10+. The van der Waals surface area contributed by atoms with E-state index in [1.165, 1.54) is 21.9 Å². The summed E-state index contributed by atoms with van der Waals surface area (Å²) in [6.07, 6.45) is 4.28. The van der Waals surface area contributed by atoms with Crippen LogP contribution >= 0.6 is 0 Å². The predicted molar refractivity (Wildman–Crippen MR) is 131 cm³/mol. The maximum Gasteiger partial charge on any atom is 0.120 e. The van der Waals surface area contributed by atoms with Crippen molar-refractivity contribution >= 4 is 19.3 Å². The first-order valence-corrected chi connectivity index (χ1v) is 13.9. The lowest BCUT2D eigenvalue weighted by atomic mass is 10.1. The molecule has 0 aliphatic heterocycles. The first kappa shape index (κ1) is 21.8. The van der Waals surface area contributed by atoms with Crippen LogP contribution in [-0.4, -0.2) is 23.1 Å². The molecule has 4 heteroatoms. The summed E-state index contributed by atoms with van der Waals surface area (Å²) >= 11 is 0. The molecule has 0 bridgehead atoms. The number of hydrogen-bond donors (Lipinski definition) is 0. The summed E-state index contributed by atoms with van der Waals surface area (Å²) in [5, 5.41) is 10.4. The average Bonchev–Trinajstić information content (AvgIpc) is 3.10. The van der Waals surface area contributed by atoms with Gasteiger partial charge < -0.3 is 0 Å². The van der Waals surface area contributed by atoms with Crippen LogP contribution in [0.5, 0.6) is 0 Å². The van der Waals surface area contributed by atoms with Gasteiger partial charge in [0.2, 0.25) is 0 Å². The van der Waals surface area contributed by atoms with Crippen LogP contribution in [0.4, 0.5) is 0 Å². The Morgan fingerprint density at radius 3 is 2.27 bits per heavy atom. The first-order valence-electron chi connectivity index (χ1n) is 10.4. The average molecular weight is 414 g/mol. The van der Waals surface area contributed by atoms with Crippen molar-refractivity contribution in [3.8, 4) is 11.3 Å². The van der Waals surface area contributed by atoms with Crippen LogP contribution < -0.4 is 0 Å². The van der Waals surface area contributed by atoms with Crippen LogP contribution in [-0.2, 0) is 6.54 Å². The number of hydrogen-bond acceptors (Lipinski definition) is 2. The van der Waals surface area contributed by atoms with E-state index in [0.29, 0.717) is 6.54 Å². The second kappa shape index (κ2) is 9.25. The molecule has 0 spiro atoms. The van der Waals surface area contributed by atoms with Gasteiger partial charge in [-0.2, -0.15) is 0 Å². The van der Waals surface area contributed by atoms with Crippen molar-refractivity contribution in [2.45, 2.75) is 47.0 Å². The highest BCUT2D eigenvalue weighted by atomic mass is 28.3. The van der Waals surface area contributed by atoms with Crippen LogP contribution in [0.2, 0.25) is 19.6 Å². The Kier molecular flexibility index (Phi) is 6.71. The number of aryl methyl sites for hydroxylation is 1. The zero-order valence-electron chi connectivity index (χ0n) is 18.9. The molecule has 1 heterocycles. The highest BCUT2D eigenvalue weighted by Crippen LogP contribution is 2.32. The number of allylic oxidation sites excluding steroid dienone is 2. The largest absolute Gasteiger partial charge is 0.240 e. The Labute approximate surface area is 181 Å². The molecule has 0 aliphatic carbocycles. The molecule has 0 N–H and O–H groups in total. The molecule has 154 valence electrons. The lowest BCUT2D eigenvalue weighted by Crippen LogP contribution is -2.25. The molecular formula is C26H31N3Si. The maximum absolute atomic E-state index is 4.61. The van der Waals surface area contributed by atoms with Crippen LogP contribution in [0.3, 0.4) is 0 Å². The van der Waals surface area contributed by atoms with Crippen LogP contribution in [0.25, 0.3) is 22.5 Å². The van der Waals surface area contributed by atoms with Crippen molar-refractivity contribution in [2.75, 3.05) is 0 Å². The van der Waals surface area contributed by atoms with Gasteiger partial charge in [-0.05, 0) is 31.9 Å². The van der Waals surface area contributed by atoms with Crippen molar-refractivity contribution in [1.29, 1.82) is 0 Å². The fourth-order valence-electron chi connectivity index (χ4n) is 3.30. The van der Waals surface area contributed by atoms with E-state index in [1.807, 2.05) is 10.7 Å².